The number of unbranched alkanes of at least 4 members (excludes halogenated alkanes) is 1. The van der Waals surface area contributed by atoms with Crippen LogP contribution in [0.1, 0.15) is 32.6 Å². The lowest BCUT2D eigenvalue weighted by Crippen LogP contribution is -2.45. The molecule has 0 spiro atoms. The Morgan fingerprint density at radius 3 is 2.47 bits per heavy atom. The van der Waals surface area contributed by atoms with Gasteiger partial charge < -0.3 is 14.9 Å². The minimum Gasteiger partial charge on any atom is -0.477 e. The van der Waals surface area contributed by atoms with E-state index < -0.39 is 18.0 Å². The summed E-state index contributed by atoms with van der Waals surface area (Å²) >= 11 is 0. The second-order valence-corrected chi connectivity index (χ2v) is 5.47. The number of alkyl halides is 1. The van der Waals surface area contributed by atoms with Crippen molar-refractivity contribution in [2.75, 3.05) is 33.7 Å². The third-order valence-electron chi connectivity index (χ3n) is 2.90. The van der Waals surface area contributed by atoms with Crippen molar-refractivity contribution in [1.29, 1.82) is 0 Å². The fourth-order valence-electron chi connectivity index (χ4n) is 1.79. The van der Waals surface area contributed by atoms with E-state index in [0.29, 0.717) is 30.4 Å². The molecule has 0 fully saturated rings. The highest BCUT2D eigenvalue weighted by Crippen LogP contribution is 2.04. The molecular weight excluding hydrogens is 251 g/mol. The Labute approximate surface area is 114 Å². The Morgan fingerprint density at radius 1 is 1.32 bits per heavy atom. The van der Waals surface area contributed by atoms with Crippen LogP contribution in [0.15, 0.2) is 0 Å². The van der Waals surface area contributed by atoms with Crippen LogP contribution in [0.5, 0.6) is 0 Å². The fraction of sp³-hybridized carbons (Fsp3) is 0.846. The lowest BCUT2D eigenvalue weighted by Gasteiger charge is -2.27. The molecule has 0 rings (SSSR count). The molecule has 0 aromatic rings. The lowest BCUT2D eigenvalue weighted by molar-refractivity contribution is -0.883. The number of amides is 1. The van der Waals surface area contributed by atoms with Crippen LogP contribution < -0.4 is 5.32 Å². The van der Waals surface area contributed by atoms with Crippen LogP contribution in [-0.2, 0) is 9.59 Å². The van der Waals surface area contributed by atoms with Crippen molar-refractivity contribution in [3.63, 3.8) is 0 Å². The van der Waals surface area contributed by atoms with E-state index in [1.807, 2.05) is 21.0 Å². The van der Waals surface area contributed by atoms with Crippen LogP contribution in [0.25, 0.3) is 0 Å². The minimum absolute atomic E-state index is 0.0379. The third-order valence-corrected chi connectivity index (χ3v) is 2.90. The molecule has 1 unspecified atom stereocenters. The quantitative estimate of drug-likeness (QED) is 0.465. The number of carbonyl (C=O) groups excluding carboxylic acids is 1. The van der Waals surface area contributed by atoms with Crippen LogP contribution in [0.4, 0.5) is 4.39 Å². The van der Waals surface area contributed by atoms with Gasteiger partial charge >= 0.3 is 5.97 Å². The number of carboxylic acid groups (broad SMARTS) is 1. The highest BCUT2D eigenvalue weighted by molar-refractivity contribution is 5.80. The van der Waals surface area contributed by atoms with Crippen molar-refractivity contribution >= 4 is 11.9 Å². The first kappa shape index (κ1) is 17.8. The van der Waals surface area contributed by atoms with Gasteiger partial charge in [0.15, 0.2) is 12.7 Å². The number of halogens is 1. The van der Waals surface area contributed by atoms with Gasteiger partial charge in [0.25, 0.3) is 5.91 Å². The smallest absolute Gasteiger partial charge is 0.359 e. The van der Waals surface area contributed by atoms with Gasteiger partial charge in [-0.15, -0.1) is 0 Å². The van der Waals surface area contributed by atoms with E-state index in [2.05, 4.69) is 5.32 Å². The van der Waals surface area contributed by atoms with Crippen LogP contribution >= 0.6 is 0 Å². The largest absolute Gasteiger partial charge is 0.477 e. The molecule has 0 aliphatic rings. The van der Waals surface area contributed by atoms with Crippen molar-refractivity contribution in [2.24, 2.45) is 0 Å². The maximum Gasteiger partial charge on any atom is 0.359 e. The number of rotatable bonds is 10. The van der Waals surface area contributed by atoms with Crippen LogP contribution in [0.3, 0.4) is 0 Å². The molecule has 0 saturated carbocycles. The van der Waals surface area contributed by atoms with Gasteiger partial charge in [0.1, 0.15) is 0 Å². The van der Waals surface area contributed by atoms with Crippen LogP contribution in [-0.4, -0.2) is 61.4 Å². The van der Waals surface area contributed by atoms with Gasteiger partial charge in [-0.25, -0.2) is 9.18 Å². The van der Waals surface area contributed by atoms with Gasteiger partial charge in [-0.1, -0.05) is 19.8 Å². The Hall–Kier alpha value is -1.17. The van der Waals surface area contributed by atoms with E-state index in [0.717, 1.165) is 6.42 Å². The van der Waals surface area contributed by atoms with Gasteiger partial charge in [-0.3, -0.25) is 4.79 Å². The summed E-state index contributed by atoms with van der Waals surface area (Å²) in [4.78, 5) is 22.0. The summed E-state index contributed by atoms with van der Waals surface area (Å²) < 4.78 is 13.7. The van der Waals surface area contributed by atoms with Gasteiger partial charge in [0.05, 0.1) is 20.6 Å². The fourth-order valence-corrected chi connectivity index (χ4v) is 1.79. The third kappa shape index (κ3) is 9.41. The molecule has 1 atom stereocenters. The highest BCUT2D eigenvalue weighted by atomic mass is 19.1. The van der Waals surface area contributed by atoms with Crippen molar-refractivity contribution < 1.29 is 23.6 Å². The zero-order chi connectivity index (χ0) is 14.9. The van der Waals surface area contributed by atoms with E-state index in [1.165, 1.54) is 0 Å². The second kappa shape index (κ2) is 8.85. The van der Waals surface area contributed by atoms with E-state index in [9.17, 15) is 14.0 Å². The molecule has 0 aliphatic heterocycles. The number of carbonyl (C=O) groups is 2. The summed E-state index contributed by atoms with van der Waals surface area (Å²) in [6.07, 6.45) is 1.04. The second-order valence-electron chi connectivity index (χ2n) is 5.47. The topological polar surface area (TPSA) is 66.4 Å². The monoisotopic (exact) mass is 277 g/mol. The molecule has 0 aromatic heterocycles. The summed E-state index contributed by atoms with van der Waals surface area (Å²) in [5, 5.41) is 11.3. The lowest BCUT2D eigenvalue weighted by atomic mass is 10.2. The summed E-state index contributed by atoms with van der Waals surface area (Å²) in [7, 11) is 3.63. The average molecular weight is 277 g/mol. The predicted molar refractivity (Wildman–Crippen MR) is 71.5 cm³/mol. The standard InChI is InChI=1S/C13H25FN2O3/c1-4-5-7-11(14)13(19)15-8-6-9-16(2,3)10-12(17)18/h11H,4-10H2,1-3H3,(H-,15,17,18,19)/p+1. The van der Waals surface area contributed by atoms with E-state index in [4.69, 9.17) is 5.11 Å². The molecule has 0 radical (unpaired) electrons. The Morgan fingerprint density at radius 2 is 1.95 bits per heavy atom. The van der Waals surface area contributed by atoms with Gasteiger partial charge in [-0.05, 0) is 6.42 Å². The van der Waals surface area contributed by atoms with Gasteiger partial charge in [0, 0.05) is 13.0 Å². The number of aliphatic carboxylic acids is 1. The number of carboxylic acids is 1. The predicted octanol–water partition coefficient (Wildman–Crippen LogP) is 1.18. The molecule has 0 aromatic carbocycles. The highest BCUT2D eigenvalue weighted by Gasteiger charge is 2.20. The number of hydrogen-bond donors (Lipinski definition) is 2. The Balaban J connectivity index is 3.79. The van der Waals surface area contributed by atoms with Crippen molar-refractivity contribution in [2.45, 2.75) is 38.8 Å². The van der Waals surface area contributed by atoms with Crippen molar-refractivity contribution in [1.82, 2.24) is 5.32 Å². The molecule has 0 saturated heterocycles. The van der Waals surface area contributed by atoms with Crippen LogP contribution in [0.2, 0.25) is 0 Å². The Bertz CT molecular complexity index is 296. The number of hydrogen-bond acceptors (Lipinski definition) is 2. The molecule has 0 bridgehead atoms. The Kier molecular flexibility index (Phi) is 8.30. The average Bonchev–Trinajstić information content (AvgIpc) is 2.29. The van der Waals surface area contributed by atoms with E-state index in [-0.39, 0.29) is 13.0 Å². The summed E-state index contributed by atoms with van der Waals surface area (Å²) in [5.74, 6) is -1.41. The van der Waals surface area contributed by atoms with E-state index in [1.54, 1.807) is 0 Å². The number of quaternary nitrogens is 1. The molecule has 5 nitrogen and oxygen atoms in total. The van der Waals surface area contributed by atoms with Gasteiger partial charge in [-0.2, -0.15) is 0 Å². The molecule has 0 aliphatic carbocycles. The number of nitrogens with zero attached hydrogens (tertiary/aromatic N) is 1. The summed E-state index contributed by atoms with van der Waals surface area (Å²) in [6.45, 7) is 2.99. The van der Waals surface area contributed by atoms with Gasteiger partial charge in [0.2, 0.25) is 0 Å². The summed E-state index contributed by atoms with van der Waals surface area (Å²) in [5.41, 5.74) is 0. The molecule has 19 heavy (non-hydrogen) atoms. The first-order chi connectivity index (χ1) is 8.78. The molecule has 6 heteroatoms. The molecule has 1 amide bonds. The van der Waals surface area contributed by atoms with Crippen LogP contribution in [0, 0.1) is 0 Å². The van der Waals surface area contributed by atoms with Crippen molar-refractivity contribution in [3.05, 3.63) is 0 Å². The first-order valence-electron chi connectivity index (χ1n) is 6.74. The number of nitrogens with one attached hydrogen (secondary N) is 1. The minimum atomic E-state index is -1.43. The van der Waals surface area contributed by atoms with E-state index >= 15 is 0 Å². The maximum absolute atomic E-state index is 13.3. The SMILES string of the molecule is CCCCC(F)C(=O)NCCC[N+](C)(C)CC(=O)O. The zero-order valence-corrected chi connectivity index (χ0v) is 12.1. The molecule has 0 heterocycles. The molecule has 2 N–H and O–H groups in total. The van der Waals surface area contributed by atoms with Crippen molar-refractivity contribution in [3.8, 4) is 0 Å². The zero-order valence-electron chi connectivity index (χ0n) is 12.1. The molecular formula is C13H26FN2O3+. The number of likely N-dealkylation sites (N-methyl/N-ethyl adjacent to an activating group) is 1. The normalized spacial score (nSPS) is 13.1. The molecule has 112 valence electrons. The maximum atomic E-state index is 13.3. The summed E-state index contributed by atoms with van der Waals surface area (Å²) in [6, 6.07) is 0. The first-order valence-corrected chi connectivity index (χ1v) is 6.74.